The van der Waals surface area contributed by atoms with Crippen molar-refractivity contribution in [3.8, 4) is 0 Å². The molecule has 0 aliphatic carbocycles. The van der Waals surface area contributed by atoms with Crippen LogP contribution in [0.5, 0.6) is 0 Å². The summed E-state index contributed by atoms with van der Waals surface area (Å²) in [5, 5.41) is 15.2. The molecule has 3 rings (SSSR count). The number of aliphatic imine (C=N–C) groups is 1. The Hall–Kier alpha value is -2.35. The number of likely N-dealkylation sites (tertiary alicyclic amines) is 1. The lowest BCUT2D eigenvalue weighted by Gasteiger charge is -2.24. The molecule has 1 unspecified atom stereocenters. The minimum atomic E-state index is 0.496. The second-order valence-corrected chi connectivity index (χ2v) is 6.95. The van der Waals surface area contributed by atoms with Gasteiger partial charge in [0, 0.05) is 32.6 Å². The van der Waals surface area contributed by atoms with E-state index in [1.54, 1.807) is 6.26 Å². The van der Waals surface area contributed by atoms with Crippen molar-refractivity contribution in [2.75, 3.05) is 26.2 Å². The number of rotatable bonds is 8. The quantitative estimate of drug-likeness (QED) is 0.539. The van der Waals surface area contributed by atoms with Crippen LogP contribution in [0, 0.1) is 6.92 Å². The van der Waals surface area contributed by atoms with E-state index in [4.69, 9.17) is 9.41 Å². The monoisotopic (exact) mass is 373 g/mol. The predicted octanol–water partition coefficient (Wildman–Crippen LogP) is 1.48. The summed E-state index contributed by atoms with van der Waals surface area (Å²) in [6.07, 6.45) is 5.04. The van der Waals surface area contributed by atoms with Crippen LogP contribution in [0.25, 0.3) is 0 Å². The number of aromatic nitrogens is 3. The van der Waals surface area contributed by atoms with E-state index in [2.05, 4.69) is 32.7 Å². The Morgan fingerprint density at radius 1 is 1.37 bits per heavy atom. The number of nitrogens with zero attached hydrogens (tertiary/aromatic N) is 5. The summed E-state index contributed by atoms with van der Waals surface area (Å²) < 4.78 is 7.38. The number of furan rings is 1. The molecule has 0 aromatic carbocycles. The molecule has 2 aromatic rings. The molecule has 1 saturated heterocycles. The van der Waals surface area contributed by atoms with E-state index in [1.807, 2.05) is 30.7 Å². The highest BCUT2D eigenvalue weighted by Gasteiger charge is 2.22. The molecule has 148 valence electrons. The van der Waals surface area contributed by atoms with Crippen molar-refractivity contribution in [3.63, 3.8) is 0 Å². The van der Waals surface area contributed by atoms with Crippen molar-refractivity contribution in [1.82, 2.24) is 30.3 Å². The summed E-state index contributed by atoms with van der Waals surface area (Å²) in [7, 11) is 1.97. The van der Waals surface area contributed by atoms with E-state index in [0.29, 0.717) is 12.6 Å². The minimum absolute atomic E-state index is 0.496. The summed E-state index contributed by atoms with van der Waals surface area (Å²) in [4.78, 5) is 7.25. The molecule has 0 bridgehead atoms. The maximum atomic E-state index is 5.40. The first-order valence-electron chi connectivity index (χ1n) is 9.81. The van der Waals surface area contributed by atoms with Crippen LogP contribution in [0.2, 0.25) is 0 Å². The van der Waals surface area contributed by atoms with Gasteiger partial charge in [-0.05, 0) is 45.0 Å². The highest BCUT2D eigenvalue weighted by Crippen LogP contribution is 2.15. The van der Waals surface area contributed by atoms with E-state index in [0.717, 1.165) is 49.4 Å². The number of aryl methyl sites for hydroxylation is 1. The maximum Gasteiger partial charge on any atom is 0.191 e. The largest absolute Gasteiger partial charge is 0.469 e. The number of hydrogen-bond acceptors (Lipinski definition) is 5. The van der Waals surface area contributed by atoms with Gasteiger partial charge in [-0.25, -0.2) is 4.99 Å². The molecule has 1 atom stereocenters. The average molecular weight is 374 g/mol. The van der Waals surface area contributed by atoms with E-state index in [1.165, 1.54) is 19.4 Å². The molecule has 1 aliphatic heterocycles. The molecule has 27 heavy (non-hydrogen) atoms. The first kappa shape index (κ1) is 19.4. The van der Waals surface area contributed by atoms with Crippen molar-refractivity contribution in [3.05, 3.63) is 35.8 Å². The molecular weight excluding hydrogens is 342 g/mol. The highest BCUT2D eigenvalue weighted by molar-refractivity contribution is 5.79. The van der Waals surface area contributed by atoms with Crippen LogP contribution in [0.3, 0.4) is 0 Å². The van der Waals surface area contributed by atoms with E-state index >= 15 is 0 Å². The molecule has 1 fully saturated rings. The van der Waals surface area contributed by atoms with Gasteiger partial charge in [0.05, 0.1) is 6.26 Å². The zero-order chi connectivity index (χ0) is 19.1. The fourth-order valence-electron chi connectivity index (χ4n) is 3.43. The van der Waals surface area contributed by atoms with Gasteiger partial charge in [-0.3, -0.25) is 4.90 Å². The van der Waals surface area contributed by atoms with Crippen molar-refractivity contribution in [2.24, 2.45) is 12.0 Å². The smallest absolute Gasteiger partial charge is 0.191 e. The third kappa shape index (κ3) is 5.32. The molecule has 8 nitrogen and oxygen atoms in total. The Bertz CT molecular complexity index is 723. The summed E-state index contributed by atoms with van der Waals surface area (Å²) in [6, 6.07) is 4.48. The second-order valence-electron chi connectivity index (χ2n) is 6.95. The predicted molar refractivity (Wildman–Crippen MR) is 106 cm³/mol. The molecule has 3 heterocycles. The maximum absolute atomic E-state index is 5.40. The Balaban J connectivity index is 1.58. The number of hydrogen-bond donors (Lipinski definition) is 2. The van der Waals surface area contributed by atoms with Gasteiger partial charge in [0.1, 0.15) is 18.1 Å². The van der Waals surface area contributed by atoms with Crippen LogP contribution in [-0.4, -0.2) is 57.8 Å². The third-order valence-electron chi connectivity index (χ3n) is 5.22. The number of guanidine groups is 1. The van der Waals surface area contributed by atoms with Crippen LogP contribution >= 0.6 is 0 Å². The van der Waals surface area contributed by atoms with Gasteiger partial charge in [0.25, 0.3) is 0 Å². The Morgan fingerprint density at radius 3 is 2.96 bits per heavy atom. The molecule has 2 aromatic heterocycles. The SMILES string of the molecule is CCN1CCCC1CNC(=NCc1nnc(C)n1C)NCCc1ccco1. The van der Waals surface area contributed by atoms with Crippen molar-refractivity contribution in [2.45, 2.75) is 45.7 Å². The van der Waals surface area contributed by atoms with Crippen molar-refractivity contribution in [1.29, 1.82) is 0 Å². The van der Waals surface area contributed by atoms with Gasteiger partial charge in [-0.2, -0.15) is 0 Å². The lowest BCUT2D eigenvalue weighted by atomic mass is 10.2. The Morgan fingerprint density at radius 2 is 2.26 bits per heavy atom. The topological polar surface area (TPSA) is 83.5 Å². The van der Waals surface area contributed by atoms with Crippen molar-refractivity contribution >= 4 is 5.96 Å². The van der Waals surface area contributed by atoms with Gasteiger partial charge in [0.15, 0.2) is 11.8 Å². The molecular formula is C19H31N7O. The summed E-state index contributed by atoms with van der Waals surface area (Å²) in [5.41, 5.74) is 0. The Kier molecular flexibility index (Phi) is 6.86. The van der Waals surface area contributed by atoms with Crippen molar-refractivity contribution < 1.29 is 4.42 Å². The van der Waals surface area contributed by atoms with Gasteiger partial charge < -0.3 is 19.6 Å². The molecule has 1 aliphatic rings. The molecule has 0 spiro atoms. The van der Waals surface area contributed by atoms with Crippen LogP contribution in [-0.2, 0) is 20.0 Å². The first-order valence-corrected chi connectivity index (χ1v) is 9.81. The van der Waals surface area contributed by atoms with E-state index < -0.39 is 0 Å². The summed E-state index contributed by atoms with van der Waals surface area (Å²) in [6.45, 7) is 8.63. The van der Waals surface area contributed by atoms with E-state index in [-0.39, 0.29) is 0 Å². The van der Waals surface area contributed by atoms with Crippen LogP contribution in [0.15, 0.2) is 27.8 Å². The molecule has 0 amide bonds. The molecule has 8 heteroatoms. The zero-order valence-electron chi connectivity index (χ0n) is 16.6. The summed E-state index contributed by atoms with van der Waals surface area (Å²) in [5.74, 6) is 3.53. The van der Waals surface area contributed by atoms with Gasteiger partial charge in [-0.15, -0.1) is 10.2 Å². The molecule has 0 saturated carbocycles. The first-order chi connectivity index (χ1) is 13.2. The lowest BCUT2D eigenvalue weighted by molar-refractivity contribution is 0.267. The fraction of sp³-hybridized carbons (Fsp3) is 0.632. The molecule has 2 N–H and O–H groups in total. The van der Waals surface area contributed by atoms with Gasteiger partial charge >= 0.3 is 0 Å². The standard InChI is InChI=1S/C19H31N7O/c1-4-26-11-5-7-16(26)13-21-19(20-10-9-17-8-6-12-27-17)22-14-18-24-23-15(2)25(18)3/h6,8,12,16H,4-5,7,9-11,13-14H2,1-3H3,(H2,20,21,22). The van der Waals surface area contributed by atoms with Crippen LogP contribution < -0.4 is 10.6 Å². The fourth-order valence-corrected chi connectivity index (χ4v) is 3.43. The van der Waals surface area contributed by atoms with Gasteiger partial charge in [0.2, 0.25) is 0 Å². The third-order valence-corrected chi connectivity index (χ3v) is 5.22. The van der Waals surface area contributed by atoms with Crippen LogP contribution in [0.1, 0.15) is 37.2 Å². The molecule has 0 radical (unpaired) electrons. The average Bonchev–Trinajstić information content (AvgIpc) is 3.41. The zero-order valence-corrected chi connectivity index (χ0v) is 16.6. The van der Waals surface area contributed by atoms with Crippen LogP contribution in [0.4, 0.5) is 0 Å². The minimum Gasteiger partial charge on any atom is -0.469 e. The highest BCUT2D eigenvalue weighted by atomic mass is 16.3. The summed E-state index contributed by atoms with van der Waals surface area (Å²) >= 11 is 0. The normalized spacial score (nSPS) is 18.2. The van der Waals surface area contributed by atoms with Gasteiger partial charge in [-0.1, -0.05) is 6.92 Å². The van der Waals surface area contributed by atoms with E-state index in [9.17, 15) is 0 Å². The number of likely N-dealkylation sites (N-methyl/N-ethyl adjacent to an activating group) is 1. The number of nitrogens with one attached hydrogen (secondary N) is 2. The second kappa shape index (κ2) is 9.55. The Labute approximate surface area is 161 Å². The lowest BCUT2D eigenvalue weighted by Crippen LogP contribution is -2.45.